The van der Waals surface area contributed by atoms with Gasteiger partial charge in [-0.15, -0.1) is 0 Å². The van der Waals surface area contributed by atoms with Gasteiger partial charge >= 0.3 is 12.1 Å². The van der Waals surface area contributed by atoms with Crippen molar-refractivity contribution in [1.29, 1.82) is 0 Å². The molecule has 1 aliphatic rings. The first kappa shape index (κ1) is 17.6. The molecule has 0 fully saturated rings. The van der Waals surface area contributed by atoms with E-state index in [2.05, 4.69) is 15.6 Å². The van der Waals surface area contributed by atoms with Gasteiger partial charge in [0.1, 0.15) is 5.82 Å². The summed E-state index contributed by atoms with van der Waals surface area (Å²) in [5, 5.41) is 6.37. The van der Waals surface area contributed by atoms with Crippen molar-refractivity contribution in [2.75, 3.05) is 11.9 Å². The van der Waals surface area contributed by atoms with Gasteiger partial charge in [-0.2, -0.15) is 22.0 Å². The van der Waals surface area contributed by atoms with Gasteiger partial charge in [0, 0.05) is 36.5 Å². The Morgan fingerprint density at radius 1 is 1.12 bits per heavy atom. The number of pyridine rings is 1. The van der Waals surface area contributed by atoms with E-state index in [4.69, 9.17) is 0 Å². The zero-order chi connectivity index (χ0) is 18.1. The highest BCUT2D eigenvalue weighted by atomic mass is 19.4. The zero-order valence-electron chi connectivity index (χ0n) is 13.1. The van der Waals surface area contributed by atoms with E-state index in [9.17, 15) is 22.0 Å². The second-order valence-electron chi connectivity index (χ2n) is 5.86. The van der Waals surface area contributed by atoms with Crippen LogP contribution in [0, 0.1) is 0 Å². The number of halogens is 5. The molecule has 2 heterocycles. The summed E-state index contributed by atoms with van der Waals surface area (Å²) in [5.41, 5.74) is 0.266. The summed E-state index contributed by atoms with van der Waals surface area (Å²) >= 11 is 0. The summed E-state index contributed by atoms with van der Waals surface area (Å²) < 4.78 is 64.5. The van der Waals surface area contributed by atoms with Gasteiger partial charge in [-0.1, -0.05) is 24.3 Å². The fourth-order valence-electron chi connectivity index (χ4n) is 2.83. The highest BCUT2D eigenvalue weighted by Crippen LogP contribution is 2.43. The SMILES string of the molecule is FC(F)(F)C(F)(F)c1cccc(CNC2CCNc3ncccc32)c1. The number of hydrogen-bond donors (Lipinski definition) is 2. The molecule has 25 heavy (non-hydrogen) atoms. The van der Waals surface area contributed by atoms with Crippen LogP contribution in [0.25, 0.3) is 0 Å². The van der Waals surface area contributed by atoms with E-state index in [1.807, 2.05) is 6.07 Å². The Kier molecular flexibility index (Phi) is 4.64. The zero-order valence-corrected chi connectivity index (χ0v) is 13.1. The second-order valence-corrected chi connectivity index (χ2v) is 5.86. The van der Waals surface area contributed by atoms with Crippen molar-refractivity contribution in [3.8, 4) is 0 Å². The highest BCUT2D eigenvalue weighted by molar-refractivity contribution is 5.47. The van der Waals surface area contributed by atoms with Crippen LogP contribution in [0.5, 0.6) is 0 Å². The lowest BCUT2D eigenvalue weighted by Gasteiger charge is -2.27. The first-order valence-corrected chi connectivity index (χ1v) is 7.75. The molecule has 1 unspecified atom stereocenters. The molecule has 0 amide bonds. The molecule has 3 rings (SSSR count). The molecule has 1 aliphatic heterocycles. The van der Waals surface area contributed by atoms with E-state index in [1.165, 1.54) is 12.1 Å². The van der Waals surface area contributed by atoms with Crippen LogP contribution in [0.3, 0.4) is 0 Å². The quantitative estimate of drug-likeness (QED) is 0.798. The topological polar surface area (TPSA) is 37.0 Å². The standard InChI is InChI=1S/C17H16F5N3/c18-16(19,17(20,21)22)12-4-1-3-11(9-12)10-25-14-6-8-24-15-13(14)5-2-7-23-15/h1-5,7,9,14,25H,6,8,10H2,(H,23,24). The normalized spacial score (nSPS) is 17.7. The van der Waals surface area contributed by atoms with Crippen molar-refractivity contribution in [1.82, 2.24) is 10.3 Å². The molecule has 1 aromatic carbocycles. The Labute approximate surface area is 141 Å². The number of anilines is 1. The second kappa shape index (κ2) is 6.59. The molecule has 0 saturated carbocycles. The molecule has 2 aromatic rings. The third-order valence-corrected chi connectivity index (χ3v) is 4.14. The maximum Gasteiger partial charge on any atom is 0.458 e. The Morgan fingerprint density at radius 2 is 1.92 bits per heavy atom. The average Bonchev–Trinajstić information content (AvgIpc) is 2.59. The van der Waals surface area contributed by atoms with Crippen LogP contribution in [0.4, 0.5) is 27.8 Å². The fourth-order valence-corrected chi connectivity index (χ4v) is 2.83. The van der Waals surface area contributed by atoms with E-state index in [0.29, 0.717) is 12.1 Å². The van der Waals surface area contributed by atoms with Crippen LogP contribution in [0.15, 0.2) is 42.6 Å². The monoisotopic (exact) mass is 357 g/mol. The highest BCUT2D eigenvalue weighted by Gasteiger charge is 2.58. The molecule has 134 valence electrons. The Bertz CT molecular complexity index is 745. The molecular formula is C17H16F5N3. The van der Waals surface area contributed by atoms with E-state index >= 15 is 0 Å². The molecular weight excluding hydrogens is 341 g/mol. The minimum Gasteiger partial charge on any atom is -0.370 e. The first-order valence-electron chi connectivity index (χ1n) is 7.75. The van der Waals surface area contributed by atoms with Crippen LogP contribution in [-0.2, 0) is 12.5 Å². The number of fused-ring (bicyclic) bond motifs is 1. The van der Waals surface area contributed by atoms with Gasteiger partial charge in [0.05, 0.1) is 0 Å². The van der Waals surface area contributed by atoms with E-state index in [1.54, 1.807) is 12.3 Å². The number of alkyl halides is 5. The Hall–Kier alpha value is -2.22. The van der Waals surface area contributed by atoms with Gasteiger partial charge < -0.3 is 10.6 Å². The van der Waals surface area contributed by atoms with Crippen LogP contribution >= 0.6 is 0 Å². The van der Waals surface area contributed by atoms with Crippen LogP contribution in [0.2, 0.25) is 0 Å². The van der Waals surface area contributed by atoms with Gasteiger partial charge in [-0.3, -0.25) is 0 Å². The molecule has 0 saturated heterocycles. The predicted molar refractivity (Wildman–Crippen MR) is 83.3 cm³/mol. The smallest absolute Gasteiger partial charge is 0.370 e. The van der Waals surface area contributed by atoms with E-state index < -0.39 is 17.7 Å². The average molecular weight is 357 g/mol. The van der Waals surface area contributed by atoms with Crippen LogP contribution < -0.4 is 10.6 Å². The molecule has 1 aromatic heterocycles. The van der Waals surface area contributed by atoms with Gasteiger partial charge in [0.25, 0.3) is 0 Å². The van der Waals surface area contributed by atoms with Crippen LogP contribution in [-0.4, -0.2) is 17.7 Å². The van der Waals surface area contributed by atoms with E-state index in [-0.39, 0.29) is 12.6 Å². The largest absolute Gasteiger partial charge is 0.458 e. The fraction of sp³-hybridized carbons (Fsp3) is 0.353. The molecule has 3 nitrogen and oxygen atoms in total. The molecule has 0 spiro atoms. The molecule has 0 bridgehead atoms. The lowest BCUT2D eigenvalue weighted by molar-refractivity contribution is -0.289. The predicted octanol–water partition coefficient (Wildman–Crippen LogP) is 4.38. The van der Waals surface area contributed by atoms with Crippen LogP contribution in [0.1, 0.15) is 29.2 Å². The van der Waals surface area contributed by atoms with Crippen molar-refractivity contribution >= 4 is 5.82 Å². The maximum atomic E-state index is 13.5. The van der Waals surface area contributed by atoms with Gasteiger partial charge in [0.15, 0.2) is 0 Å². The number of hydrogen-bond acceptors (Lipinski definition) is 3. The van der Waals surface area contributed by atoms with Crippen molar-refractivity contribution in [3.63, 3.8) is 0 Å². The molecule has 0 radical (unpaired) electrons. The number of benzene rings is 1. The summed E-state index contributed by atoms with van der Waals surface area (Å²) in [6, 6.07) is 8.08. The Balaban J connectivity index is 1.74. The lowest BCUT2D eigenvalue weighted by Crippen LogP contribution is -2.33. The minimum atomic E-state index is -5.61. The number of nitrogens with one attached hydrogen (secondary N) is 2. The lowest BCUT2D eigenvalue weighted by atomic mass is 10.00. The van der Waals surface area contributed by atoms with E-state index in [0.717, 1.165) is 29.9 Å². The summed E-state index contributed by atoms with van der Waals surface area (Å²) in [5.74, 6) is -4.11. The first-order chi connectivity index (χ1) is 11.8. The molecule has 8 heteroatoms. The van der Waals surface area contributed by atoms with Crippen molar-refractivity contribution in [3.05, 3.63) is 59.3 Å². The maximum absolute atomic E-state index is 13.5. The van der Waals surface area contributed by atoms with Crippen molar-refractivity contribution in [2.45, 2.75) is 31.1 Å². The summed E-state index contributed by atoms with van der Waals surface area (Å²) in [6.45, 7) is 0.884. The Morgan fingerprint density at radius 3 is 2.68 bits per heavy atom. The third kappa shape index (κ3) is 3.58. The third-order valence-electron chi connectivity index (χ3n) is 4.14. The molecule has 1 atom stereocenters. The number of rotatable bonds is 4. The summed E-state index contributed by atoms with van der Waals surface area (Å²) in [7, 11) is 0. The summed E-state index contributed by atoms with van der Waals surface area (Å²) in [4.78, 5) is 4.22. The van der Waals surface area contributed by atoms with Gasteiger partial charge in [-0.25, -0.2) is 4.98 Å². The minimum absolute atomic E-state index is 0.0447. The number of aromatic nitrogens is 1. The van der Waals surface area contributed by atoms with Gasteiger partial charge in [0.2, 0.25) is 0 Å². The molecule has 0 aliphatic carbocycles. The summed E-state index contributed by atoms with van der Waals surface area (Å²) in [6.07, 6.45) is -3.19. The molecule has 2 N–H and O–H groups in total. The van der Waals surface area contributed by atoms with Gasteiger partial charge in [-0.05, 0) is 24.1 Å². The van der Waals surface area contributed by atoms with Crippen molar-refractivity contribution in [2.24, 2.45) is 0 Å². The van der Waals surface area contributed by atoms with Crippen molar-refractivity contribution < 1.29 is 22.0 Å². The number of nitrogens with zero attached hydrogens (tertiary/aromatic N) is 1.